The molecule has 1 unspecified atom stereocenters. The lowest BCUT2D eigenvalue weighted by atomic mass is 9.93. The second-order valence-corrected chi connectivity index (χ2v) is 6.09. The molecule has 0 saturated carbocycles. The minimum atomic E-state index is 0.543. The van der Waals surface area contributed by atoms with E-state index in [2.05, 4.69) is 37.9 Å². The van der Waals surface area contributed by atoms with Gasteiger partial charge in [-0.3, -0.25) is 0 Å². The number of hydrogen-bond donors (Lipinski definition) is 1. The molecular weight excluding hydrogens is 196 g/mol. The fourth-order valence-electron chi connectivity index (χ4n) is 2.65. The van der Waals surface area contributed by atoms with E-state index in [0.717, 1.165) is 0 Å². The predicted octanol–water partition coefficient (Wildman–Crippen LogP) is 2.89. The van der Waals surface area contributed by atoms with Crippen LogP contribution < -0.4 is 5.32 Å². The molecule has 1 saturated heterocycles. The van der Waals surface area contributed by atoms with Gasteiger partial charge in [0.05, 0.1) is 0 Å². The van der Waals surface area contributed by atoms with Crippen molar-refractivity contribution in [3.05, 3.63) is 0 Å². The number of rotatable bonds is 7. The van der Waals surface area contributed by atoms with Crippen LogP contribution in [-0.4, -0.2) is 37.1 Å². The molecule has 1 N–H and O–H groups in total. The number of likely N-dealkylation sites (tertiary alicyclic amines) is 1. The quantitative estimate of drug-likeness (QED) is 0.718. The van der Waals surface area contributed by atoms with Gasteiger partial charge in [-0.2, -0.15) is 0 Å². The summed E-state index contributed by atoms with van der Waals surface area (Å²) in [6.07, 6.45) is 5.21. The van der Waals surface area contributed by atoms with Crippen LogP contribution in [0.1, 0.15) is 53.4 Å². The topological polar surface area (TPSA) is 15.3 Å². The molecule has 1 rings (SSSR count). The lowest BCUT2D eigenvalue weighted by molar-refractivity contribution is 0.253. The molecule has 1 heterocycles. The van der Waals surface area contributed by atoms with E-state index in [1.165, 1.54) is 51.9 Å². The molecule has 0 bridgehead atoms. The second-order valence-electron chi connectivity index (χ2n) is 6.09. The Balaban J connectivity index is 2.31. The molecule has 1 aliphatic heterocycles. The molecule has 0 aromatic carbocycles. The summed E-state index contributed by atoms with van der Waals surface area (Å²) in [5.41, 5.74) is 0.543. The molecule has 16 heavy (non-hydrogen) atoms. The van der Waals surface area contributed by atoms with Crippen molar-refractivity contribution in [2.75, 3.05) is 26.2 Å². The first-order valence-electron chi connectivity index (χ1n) is 7.03. The van der Waals surface area contributed by atoms with E-state index >= 15 is 0 Å². The van der Waals surface area contributed by atoms with Crippen LogP contribution in [0.2, 0.25) is 0 Å². The van der Waals surface area contributed by atoms with Gasteiger partial charge in [-0.05, 0) is 37.8 Å². The molecule has 0 aromatic heterocycles. The monoisotopic (exact) mass is 226 g/mol. The maximum absolute atomic E-state index is 3.68. The van der Waals surface area contributed by atoms with Crippen LogP contribution >= 0.6 is 0 Å². The third kappa shape index (κ3) is 4.84. The van der Waals surface area contributed by atoms with Crippen molar-refractivity contribution in [2.45, 2.75) is 59.4 Å². The average molecular weight is 226 g/mol. The first-order chi connectivity index (χ1) is 7.57. The van der Waals surface area contributed by atoms with E-state index in [0.29, 0.717) is 11.5 Å². The molecule has 2 heteroatoms. The van der Waals surface area contributed by atoms with Crippen molar-refractivity contribution in [3.63, 3.8) is 0 Å². The summed E-state index contributed by atoms with van der Waals surface area (Å²) in [5.74, 6) is 0. The van der Waals surface area contributed by atoms with Crippen LogP contribution in [0.25, 0.3) is 0 Å². The molecule has 2 nitrogen and oxygen atoms in total. The maximum Gasteiger partial charge on any atom is 0.0194 e. The van der Waals surface area contributed by atoms with Crippen LogP contribution in [0.5, 0.6) is 0 Å². The van der Waals surface area contributed by atoms with Crippen molar-refractivity contribution in [2.24, 2.45) is 5.41 Å². The van der Waals surface area contributed by atoms with Crippen molar-refractivity contribution in [3.8, 4) is 0 Å². The van der Waals surface area contributed by atoms with Crippen molar-refractivity contribution in [1.29, 1.82) is 0 Å². The molecular formula is C14H30N2. The minimum absolute atomic E-state index is 0.543. The van der Waals surface area contributed by atoms with Crippen molar-refractivity contribution >= 4 is 0 Å². The maximum atomic E-state index is 3.68. The second kappa shape index (κ2) is 6.61. The summed E-state index contributed by atoms with van der Waals surface area (Å²) in [6, 6.07) is 0.707. The molecule has 96 valence electrons. The van der Waals surface area contributed by atoms with Crippen molar-refractivity contribution < 1.29 is 0 Å². The Morgan fingerprint density at radius 3 is 2.50 bits per heavy atom. The Bertz CT molecular complexity index is 189. The van der Waals surface area contributed by atoms with Gasteiger partial charge in [0.25, 0.3) is 0 Å². The van der Waals surface area contributed by atoms with Gasteiger partial charge in [-0.1, -0.05) is 34.1 Å². The van der Waals surface area contributed by atoms with Gasteiger partial charge in [-0.15, -0.1) is 0 Å². The molecule has 1 atom stereocenters. The van der Waals surface area contributed by atoms with Crippen LogP contribution in [0.3, 0.4) is 0 Å². The Hall–Kier alpha value is -0.0800. The summed E-state index contributed by atoms with van der Waals surface area (Å²) >= 11 is 0. The SMILES string of the molecule is CCCNC(CCC)CN1CCC(C)(C)C1. The first-order valence-corrected chi connectivity index (χ1v) is 7.03. The lowest BCUT2D eigenvalue weighted by Gasteiger charge is -2.25. The summed E-state index contributed by atoms with van der Waals surface area (Å²) < 4.78 is 0. The van der Waals surface area contributed by atoms with E-state index in [4.69, 9.17) is 0 Å². The number of nitrogens with zero attached hydrogens (tertiary/aromatic N) is 1. The van der Waals surface area contributed by atoms with Crippen LogP contribution in [0.4, 0.5) is 0 Å². The average Bonchev–Trinajstić information content (AvgIpc) is 2.55. The molecule has 0 spiro atoms. The molecule has 1 fully saturated rings. The Kier molecular flexibility index (Phi) is 5.77. The molecule has 0 amide bonds. The van der Waals surface area contributed by atoms with Gasteiger partial charge in [0, 0.05) is 19.1 Å². The predicted molar refractivity (Wildman–Crippen MR) is 71.8 cm³/mol. The highest BCUT2D eigenvalue weighted by atomic mass is 15.2. The summed E-state index contributed by atoms with van der Waals surface area (Å²) in [7, 11) is 0. The van der Waals surface area contributed by atoms with Gasteiger partial charge in [0.1, 0.15) is 0 Å². The largest absolute Gasteiger partial charge is 0.313 e. The molecule has 1 aliphatic rings. The van der Waals surface area contributed by atoms with Gasteiger partial charge >= 0.3 is 0 Å². The van der Waals surface area contributed by atoms with Gasteiger partial charge in [0.2, 0.25) is 0 Å². The Morgan fingerprint density at radius 2 is 2.00 bits per heavy atom. The van der Waals surface area contributed by atoms with Crippen LogP contribution in [0, 0.1) is 5.41 Å². The first kappa shape index (κ1) is 14.0. The number of nitrogens with one attached hydrogen (secondary N) is 1. The third-order valence-corrected chi connectivity index (χ3v) is 3.56. The summed E-state index contributed by atoms with van der Waals surface area (Å²) in [5, 5.41) is 3.68. The zero-order valence-corrected chi connectivity index (χ0v) is 11.7. The Morgan fingerprint density at radius 1 is 1.25 bits per heavy atom. The smallest absolute Gasteiger partial charge is 0.0194 e. The Labute approximate surface area is 102 Å². The number of hydrogen-bond acceptors (Lipinski definition) is 2. The molecule has 0 aromatic rings. The highest BCUT2D eigenvalue weighted by Gasteiger charge is 2.29. The minimum Gasteiger partial charge on any atom is -0.313 e. The van der Waals surface area contributed by atoms with Crippen LogP contribution in [0.15, 0.2) is 0 Å². The molecule has 0 radical (unpaired) electrons. The van der Waals surface area contributed by atoms with E-state index in [-0.39, 0.29) is 0 Å². The standard InChI is InChI=1S/C14H30N2/c1-5-7-13(15-9-6-2)11-16-10-8-14(3,4)12-16/h13,15H,5-12H2,1-4H3. The fourth-order valence-corrected chi connectivity index (χ4v) is 2.65. The summed E-state index contributed by atoms with van der Waals surface area (Å²) in [6.45, 7) is 14.3. The third-order valence-electron chi connectivity index (χ3n) is 3.56. The lowest BCUT2D eigenvalue weighted by Crippen LogP contribution is -2.41. The highest BCUT2D eigenvalue weighted by molar-refractivity contribution is 4.84. The van der Waals surface area contributed by atoms with E-state index in [1.807, 2.05) is 0 Å². The molecule has 0 aliphatic carbocycles. The van der Waals surface area contributed by atoms with E-state index in [1.54, 1.807) is 0 Å². The van der Waals surface area contributed by atoms with E-state index < -0.39 is 0 Å². The van der Waals surface area contributed by atoms with Gasteiger partial charge in [0.15, 0.2) is 0 Å². The zero-order valence-electron chi connectivity index (χ0n) is 11.7. The van der Waals surface area contributed by atoms with Crippen LogP contribution in [-0.2, 0) is 0 Å². The van der Waals surface area contributed by atoms with Gasteiger partial charge in [-0.25, -0.2) is 0 Å². The van der Waals surface area contributed by atoms with Gasteiger partial charge < -0.3 is 10.2 Å². The fraction of sp³-hybridized carbons (Fsp3) is 1.00. The normalized spacial score (nSPS) is 22.5. The summed E-state index contributed by atoms with van der Waals surface area (Å²) in [4.78, 5) is 2.64. The zero-order chi connectivity index (χ0) is 12.0. The highest BCUT2D eigenvalue weighted by Crippen LogP contribution is 2.28. The van der Waals surface area contributed by atoms with E-state index in [9.17, 15) is 0 Å². The van der Waals surface area contributed by atoms with Crippen molar-refractivity contribution in [1.82, 2.24) is 10.2 Å².